The highest BCUT2D eigenvalue weighted by Gasteiger charge is 2.32. The lowest BCUT2D eigenvalue weighted by Crippen LogP contribution is -2.54. The molecule has 11 heteroatoms. The van der Waals surface area contributed by atoms with Crippen LogP contribution < -0.4 is 19.5 Å². The van der Waals surface area contributed by atoms with Crippen molar-refractivity contribution in [1.29, 1.82) is 5.41 Å². The number of benzene rings is 3. The number of hydrogen-bond donors (Lipinski definition) is 2. The maximum atomic E-state index is 12.8. The Morgan fingerprint density at radius 3 is 2.28 bits per heavy atom. The molecule has 4 rings (SSSR count). The van der Waals surface area contributed by atoms with E-state index in [0.29, 0.717) is 61.9 Å². The minimum atomic E-state index is -0.701. The Balaban J connectivity index is 1.14. The third-order valence-corrected chi connectivity index (χ3v) is 6.93. The molecule has 0 saturated carbocycles. The molecular weight excluding hydrogens is 552 g/mol. The van der Waals surface area contributed by atoms with Crippen molar-refractivity contribution in [3.63, 3.8) is 0 Å². The van der Waals surface area contributed by atoms with E-state index in [0.717, 1.165) is 11.1 Å². The maximum Gasteiger partial charge on any atom is 0.413 e. The van der Waals surface area contributed by atoms with Crippen molar-refractivity contribution in [3.8, 4) is 17.2 Å². The van der Waals surface area contributed by atoms with Crippen molar-refractivity contribution in [2.45, 2.75) is 26.0 Å². The monoisotopic (exact) mass is 588 g/mol. The van der Waals surface area contributed by atoms with E-state index in [1.807, 2.05) is 36.4 Å². The molecule has 0 aromatic heterocycles. The molecule has 3 amide bonds. The first-order chi connectivity index (χ1) is 20.9. The second-order valence-electron chi connectivity index (χ2n) is 9.84. The SMILES string of the molecule is COc1ccc(CN2CCN(CCCCOc3ccc(C(=N)NC(=O)OCc4ccccc4)cc3)C(=O)C2=O)c(OC)c1. The van der Waals surface area contributed by atoms with Crippen LogP contribution in [0.5, 0.6) is 17.2 Å². The molecule has 0 radical (unpaired) electrons. The van der Waals surface area contributed by atoms with Gasteiger partial charge in [0, 0.05) is 43.4 Å². The summed E-state index contributed by atoms with van der Waals surface area (Å²) in [4.78, 5) is 40.6. The Labute approximate surface area is 250 Å². The van der Waals surface area contributed by atoms with E-state index in [2.05, 4.69) is 5.32 Å². The Morgan fingerprint density at radius 1 is 0.860 bits per heavy atom. The highest BCUT2D eigenvalue weighted by molar-refractivity contribution is 6.35. The van der Waals surface area contributed by atoms with Crippen LogP contribution in [0.1, 0.15) is 29.5 Å². The van der Waals surface area contributed by atoms with E-state index in [1.54, 1.807) is 60.4 Å². The summed E-state index contributed by atoms with van der Waals surface area (Å²) in [6.45, 7) is 2.21. The molecule has 0 spiro atoms. The van der Waals surface area contributed by atoms with Crippen LogP contribution in [0.25, 0.3) is 0 Å². The van der Waals surface area contributed by atoms with Crippen molar-refractivity contribution >= 4 is 23.7 Å². The zero-order chi connectivity index (χ0) is 30.6. The summed E-state index contributed by atoms with van der Waals surface area (Å²) in [5, 5.41) is 10.5. The van der Waals surface area contributed by atoms with Crippen LogP contribution in [0.4, 0.5) is 4.79 Å². The number of unbranched alkanes of at least 4 members (excludes halogenated alkanes) is 1. The highest BCUT2D eigenvalue weighted by atomic mass is 16.5. The van der Waals surface area contributed by atoms with Crippen LogP contribution in [-0.4, -0.2) is 74.0 Å². The maximum absolute atomic E-state index is 12.8. The molecule has 0 aliphatic carbocycles. The molecule has 0 bridgehead atoms. The second-order valence-corrected chi connectivity index (χ2v) is 9.84. The molecule has 0 unspecified atom stereocenters. The number of amides is 3. The molecule has 1 heterocycles. The summed E-state index contributed by atoms with van der Waals surface area (Å²) >= 11 is 0. The third-order valence-electron chi connectivity index (χ3n) is 6.93. The van der Waals surface area contributed by atoms with Crippen molar-refractivity contribution in [2.75, 3.05) is 40.5 Å². The number of nitrogens with one attached hydrogen (secondary N) is 2. The van der Waals surface area contributed by atoms with E-state index in [9.17, 15) is 14.4 Å². The molecule has 0 atom stereocenters. The van der Waals surface area contributed by atoms with Gasteiger partial charge in [0.05, 0.1) is 20.8 Å². The van der Waals surface area contributed by atoms with Gasteiger partial charge in [-0.3, -0.25) is 20.3 Å². The summed E-state index contributed by atoms with van der Waals surface area (Å²) in [6.07, 6.45) is 0.674. The van der Waals surface area contributed by atoms with Crippen LogP contribution in [0.2, 0.25) is 0 Å². The molecule has 1 aliphatic rings. The normalized spacial score (nSPS) is 13.0. The van der Waals surface area contributed by atoms with Crippen LogP contribution >= 0.6 is 0 Å². The Morgan fingerprint density at radius 2 is 1.56 bits per heavy atom. The average molecular weight is 589 g/mol. The van der Waals surface area contributed by atoms with Gasteiger partial charge in [-0.25, -0.2) is 4.79 Å². The average Bonchev–Trinajstić information content (AvgIpc) is 3.04. The highest BCUT2D eigenvalue weighted by Crippen LogP contribution is 2.26. The number of carbonyl (C=O) groups is 3. The predicted molar refractivity (Wildman–Crippen MR) is 159 cm³/mol. The summed E-state index contributed by atoms with van der Waals surface area (Å²) in [5.74, 6) is 0.774. The summed E-state index contributed by atoms with van der Waals surface area (Å²) in [6, 6.07) is 21.5. The Hall–Kier alpha value is -5.06. The van der Waals surface area contributed by atoms with E-state index < -0.39 is 17.9 Å². The molecule has 1 saturated heterocycles. The first-order valence-corrected chi connectivity index (χ1v) is 14.0. The topological polar surface area (TPSA) is 130 Å². The zero-order valence-electron chi connectivity index (χ0n) is 24.3. The fourth-order valence-corrected chi connectivity index (χ4v) is 4.51. The molecule has 11 nitrogen and oxygen atoms in total. The van der Waals surface area contributed by atoms with Gasteiger partial charge in [-0.2, -0.15) is 0 Å². The molecule has 1 fully saturated rings. The Kier molecular flexibility index (Phi) is 11.0. The predicted octanol–water partition coefficient (Wildman–Crippen LogP) is 3.99. The van der Waals surface area contributed by atoms with Gasteiger partial charge >= 0.3 is 17.9 Å². The molecule has 3 aromatic rings. The largest absolute Gasteiger partial charge is 0.497 e. The van der Waals surface area contributed by atoms with Crippen molar-refractivity contribution < 1.29 is 33.3 Å². The lowest BCUT2D eigenvalue weighted by molar-refractivity contribution is -0.156. The molecular formula is C32H36N4O7. The van der Waals surface area contributed by atoms with Crippen molar-refractivity contribution in [3.05, 3.63) is 89.5 Å². The fourth-order valence-electron chi connectivity index (χ4n) is 4.51. The van der Waals surface area contributed by atoms with Gasteiger partial charge in [0.2, 0.25) is 0 Å². The summed E-state index contributed by atoms with van der Waals surface area (Å²) in [7, 11) is 3.13. The van der Waals surface area contributed by atoms with Crippen LogP contribution in [0.15, 0.2) is 72.8 Å². The number of nitrogens with zero attached hydrogens (tertiary/aromatic N) is 2. The number of carbonyl (C=O) groups excluding carboxylic acids is 3. The minimum absolute atomic E-state index is 0.0768. The van der Waals surface area contributed by atoms with Gasteiger partial charge in [0.25, 0.3) is 0 Å². The fraction of sp³-hybridized carbons (Fsp3) is 0.312. The van der Waals surface area contributed by atoms with Crippen LogP contribution in [0.3, 0.4) is 0 Å². The number of hydrogen-bond acceptors (Lipinski definition) is 8. The van der Waals surface area contributed by atoms with Crippen molar-refractivity contribution in [2.24, 2.45) is 0 Å². The van der Waals surface area contributed by atoms with E-state index in [1.165, 1.54) is 0 Å². The van der Waals surface area contributed by atoms with E-state index in [4.69, 9.17) is 24.4 Å². The zero-order valence-corrected chi connectivity index (χ0v) is 24.3. The van der Waals surface area contributed by atoms with Crippen LogP contribution in [-0.2, 0) is 27.5 Å². The van der Waals surface area contributed by atoms with Gasteiger partial charge in [-0.15, -0.1) is 0 Å². The number of alkyl carbamates (subject to hydrolysis) is 1. The first kappa shape index (κ1) is 30.9. The summed E-state index contributed by atoms with van der Waals surface area (Å²) < 4.78 is 21.6. The van der Waals surface area contributed by atoms with Gasteiger partial charge in [0.1, 0.15) is 29.7 Å². The van der Waals surface area contributed by atoms with E-state index >= 15 is 0 Å². The number of rotatable bonds is 13. The second kappa shape index (κ2) is 15.2. The smallest absolute Gasteiger partial charge is 0.413 e. The minimum Gasteiger partial charge on any atom is -0.497 e. The lowest BCUT2D eigenvalue weighted by Gasteiger charge is -2.34. The Bertz CT molecular complexity index is 1410. The standard InChI is InChI=1S/C32H36N4O7/c1-40-27-15-12-25(28(20-27)41-2)21-36-18-17-35(30(37)31(36)38)16-6-7-19-42-26-13-10-24(11-14-26)29(33)34-32(39)43-22-23-8-4-3-5-9-23/h3-5,8-15,20H,6-7,16-19,21-22H2,1-2H3,(H2,33,34,39). The first-order valence-electron chi connectivity index (χ1n) is 14.0. The summed E-state index contributed by atoms with van der Waals surface area (Å²) in [5.41, 5.74) is 2.17. The van der Waals surface area contributed by atoms with Gasteiger partial charge in [0.15, 0.2) is 0 Å². The van der Waals surface area contributed by atoms with E-state index in [-0.39, 0.29) is 19.0 Å². The van der Waals surface area contributed by atoms with Gasteiger partial charge < -0.3 is 28.7 Å². The number of ether oxygens (including phenoxy) is 4. The van der Waals surface area contributed by atoms with Gasteiger partial charge in [-0.1, -0.05) is 30.3 Å². The quantitative estimate of drug-likeness (QED) is 0.134. The molecule has 2 N–H and O–H groups in total. The number of piperazine rings is 1. The van der Waals surface area contributed by atoms with Gasteiger partial charge in [-0.05, 0) is 54.8 Å². The molecule has 1 aliphatic heterocycles. The van der Waals surface area contributed by atoms with Crippen LogP contribution in [0, 0.1) is 5.41 Å². The molecule has 226 valence electrons. The molecule has 3 aromatic carbocycles. The number of amidine groups is 1. The number of methoxy groups -OCH3 is 2. The molecule has 43 heavy (non-hydrogen) atoms. The lowest BCUT2D eigenvalue weighted by atomic mass is 10.1. The van der Waals surface area contributed by atoms with Crippen molar-refractivity contribution in [1.82, 2.24) is 15.1 Å². The third kappa shape index (κ3) is 8.71.